The van der Waals surface area contributed by atoms with Gasteiger partial charge in [-0.3, -0.25) is 0 Å². The fraction of sp³-hybridized carbons (Fsp3) is 0.333. The quantitative estimate of drug-likeness (QED) is 0.595. The van der Waals surface area contributed by atoms with Gasteiger partial charge in [-0.05, 0) is 59.6 Å². The molecule has 0 atom stereocenters. The smallest absolute Gasteiger partial charge is 0.111 e. The van der Waals surface area contributed by atoms with Gasteiger partial charge in [0.25, 0.3) is 0 Å². The number of hydrogen-bond acceptors (Lipinski definition) is 4. The van der Waals surface area contributed by atoms with Crippen LogP contribution in [0.5, 0.6) is 0 Å². The van der Waals surface area contributed by atoms with Crippen molar-refractivity contribution in [1.29, 1.82) is 0 Å². The van der Waals surface area contributed by atoms with E-state index in [-0.39, 0.29) is 0 Å². The number of allylic oxidation sites excluding steroid dienone is 1. The summed E-state index contributed by atoms with van der Waals surface area (Å²) in [6.07, 6.45) is 4.14. The highest BCUT2D eigenvalue weighted by atomic mass is 32.2. The number of rotatable bonds is 6. The van der Waals surface area contributed by atoms with Crippen molar-refractivity contribution in [3.05, 3.63) is 80.5 Å². The van der Waals surface area contributed by atoms with E-state index in [1.807, 2.05) is 18.2 Å². The molecule has 1 aliphatic heterocycles. The Labute approximate surface area is 173 Å². The predicted molar refractivity (Wildman–Crippen MR) is 123 cm³/mol. The first-order valence-electron chi connectivity index (χ1n) is 10.2. The van der Waals surface area contributed by atoms with Gasteiger partial charge in [0.2, 0.25) is 0 Å². The summed E-state index contributed by atoms with van der Waals surface area (Å²) < 4.78 is 3.51. The van der Waals surface area contributed by atoms with Crippen LogP contribution in [0.2, 0.25) is 0 Å². The summed E-state index contributed by atoms with van der Waals surface area (Å²) in [6.45, 7) is 9.01. The minimum atomic E-state index is 0.622. The van der Waals surface area contributed by atoms with Crippen molar-refractivity contribution in [3.63, 3.8) is 0 Å². The third kappa shape index (κ3) is 3.53. The molecule has 0 fully saturated rings. The van der Waals surface area contributed by atoms with Crippen LogP contribution in [-0.4, -0.2) is 0 Å². The average Bonchev–Trinajstić information content (AvgIpc) is 2.74. The number of hydrogen-bond donors (Lipinski definition) is 3. The van der Waals surface area contributed by atoms with Crippen molar-refractivity contribution >= 4 is 23.2 Å². The molecule has 3 rings (SSSR count). The highest BCUT2D eigenvalue weighted by molar-refractivity contribution is 8.01. The van der Waals surface area contributed by atoms with Crippen molar-refractivity contribution in [2.45, 2.75) is 53.4 Å². The Kier molecular flexibility index (Phi) is 6.40. The standard InChI is InChI=1S/C24H31N3S/c1-5-15-14-20(19(8-4)18(7-3)17(15)6-2)23-21(16-12-10-9-11-13-16)22(25)24(26)28-27-23/h9-14,27H,5-8,25-26H2,1-4H3. The third-order valence-corrected chi connectivity index (χ3v) is 6.33. The normalized spacial score (nSPS) is 14.4. The minimum Gasteiger partial charge on any atom is -0.396 e. The van der Waals surface area contributed by atoms with Crippen LogP contribution in [0.4, 0.5) is 0 Å². The number of nitrogens with two attached hydrogens (primary N) is 2. The Bertz CT molecular complexity index is 927. The van der Waals surface area contributed by atoms with Gasteiger partial charge < -0.3 is 16.2 Å². The molecule has 3 nitrogen and oxygen atoms in total. The summed E-state index contributed by atoms with van der Waals surface area (Å²) >= 11 is 1.41. The minimum absolute atomic E-state index is 0.622. The van der Waals surface area contributed by atoms with Crippen LogP contribution in [0.25, 0.3) is 11.3 Å². The molecule has 0 spiro atoms. The van der Waals surface area contributed by atoms with E-state index in [0.717, 1.165) is 42.5 Å². The first-order chi connectivity index (χ1) is 13.6. The highest BCUT2D eigenvalue weighted by Gasteiger charge is 2.25. The molecule has 0 aliphatic carbocycles. The maximum atomic E-state index is 6.51. The maximum Gasteiger partial charge on any atom is 0.111 e. The number of aryl methyl sites for hydroxylation is 1. The van der Waals surface area contributed by atoms with Gasteiger partial charge in [-0.2, -0.15) is 0 Å². The molecule has 148 valence electrons. The van der Waals surface area contributed by atoms with Crippen LogP contribution in [0, 0.1) is 0 Å². The van der Waals surface area contributed by atoms with E-state index in [0.29, 0.717) is 10.7 Å². The Morgan fingerprint density at radius 1 is 0.821 bits per heavy atom. The molecule has 28 heavy (non-hydrogen) atoms. The fourth-order valence-corrected chi connectivity index (χ4v) is 4.90. The van der Waals surface area contributed by atoms with E-state index < -0.39 is 0 Å². The second-order valence-electron chi connectivity index (χ2n) is 7.03. The molecule has 1 aliphatic rings. The van der Waals surface area contributed by atoms with Gasteiger partial charge in [0.05, 0.1) is 11.4 Å². The van der Waals surface area contributed by atoms with Gasteiger partial charge in [-0.15, -0.1) is 0 Å². The van der Waals surface area contributed by atoms with Crippen LogP contribution in [0.1, 0.15) is 61.1 Å². The lowest BCUT2D eigenvalue weighted by molar-refractivity contribution is 0.938. The molecule has 0 amide bonds. The van der Waals surface area contributed by atoms with Crippen LogP contribution in [0.15, 0.2) is 47.1 Å². The monoisotopic (exact) mass is 393 g/mol. The molecule has 0 aromatic heterocycles. The van der Waals surface area contributed by atoms with Gasteiger partial charge in [0.1, 0.15) is 5.03 Å². The third-order valence-electron chi connectivity index (χ3n) is 5.58. The Morgan fingerprint density at radius 3 is 2.04 bits per heavy atom. The average molecular weight is 394 g/mol. The summed E-state index contributed by atoms with van der Waals surface area (Å²) in [5.74, 6) is 0. The molecule has 0 bridgehead atoms. The summed E-state index contributed by atoms with van der Waals surface area (Å²) in [6, 6.07) is 12.7. The summed E-state index contributed by atoms with van der Waals surface area (Å²) in [4.78, 5) is 0. The number of nitrogens with one attached hydrogen (secondary N) is 1. The Hall–Kier alpha value is -2.33. The van der Waals surface area contributed by atoms with Crippen molar-refractivity contribution in [2.75, 3.05) is 0 Å². The van der Waals surface area contributed by atoms with Crippen molar-refractivity contribution in [1.82, 2.24) is 4.72 Å². The predicted octanol–water partition coefficient (Wildman–Crippen LogP) is 5.14. The molecule has 2 aromatic carbocycles. The summed E-state index contributed by atoms with van der Waals surface area (Å²) in [5.41, 5.74) is 23.6. The zero-order valence-electron chi connectivity index (χ0n) is 17.4. The zero-order chi connectivity index (χ0) is 20.3. The highest BCUT2D eigenvalue weighted by Crippen LogP contribution is 2.39. The van der Waals surface area contributed by atoms with E-state index in [1.165, 1.54) is 39.8 Å². The Morgan fingerprint density at radius 2 is 1.46 bits per heavy atom. The molecular weight excluding hydrogens is 362 g/mol. The summed E-state index contributed by atoms with van der Waals surface area (Å²) in [5, 5.41) is 0.622. The molecule has 1 heterocycles. The molecule has 5 N–H and O–H groups in total. The Balaban J connectivity index is 2.38. The zero-order valence-corrected chi connectivity index (χ0v) is 18.2. The van der Waals surface area contributed by atoms with E-state index in [9.17, 15) is 0 Å². The van der Waals surface area contributed by atoms with Crippen LogP contribution < -0.4 is 16.2 Å². The van der Waals surface area contributed by atoms with Crippen molar-refractivity contribution in [3.8, 4) is 0 Å². The van der Waals surface area contributed by atoms with E-state index in [4.69, 9.17) is 11.5 Å². The van der Waals surface area contributed by atoms with Crippen molar-refractivity contribution in [2.24, 2.45) is 11.5 Å². The first-order valence-corrected chi connectivity index (χ1v) is 11.0. The lowest BCUT2D eigenvalue weighted by atomic mass is 9.84. The van der Waals surface area contributed by atoms with E-state index in [2.05, 4.69) is 50.6 Å². The van der Waals surface area contributed by atoms with Gasteiger partial charge in [0, 0.05) is 23.1 Å². The summed E-state index contributed by atoms with van der Waals surface area (Å²) in [7, 11) is 0. The topological polar surface area (TPSA) is 64.1 Å². The van der Waals surface area contributed by atoms with E-state index >= 15 is 0 Å². The van der Waals surface area contributed by atoms with Crippen LogP contribution in [0.3, 0.4) is 0 Å². The molecule has 0 radical (unpaired) electrons. The molecule has 2 aromatic rings. The van der Waals surface area contributed by atoms with Gasteiger partial charge >= 0.3 is 0 Å². The van der Waals surface area contributed by atoms with Crippen molar-refractivity contribution < 1.29 is 0 Å². The van der Waals surface area contributed by atoms with Gasteiger partial charge in [-0.25, -0.2) is 0 Å². The maximum absolute atomic E-state index is 6.51. The lowest BCUT2D eigenvalue weighted by Gasteiger charge is -2.27. The van der Waals surface area contributed by atoms with E-state index in [1.54, 1.807) is 0 Å². The number of benzene rings is 2. The molecule has 0 saturated heterocycles. The second kappa shape index (κ2) is 8.78. The fourth-order valence-electron chi connectivity index (χ4n) is 4.26. The molecule has 0 saturated carbocycles. The molecule has 4 heteroatoms. The second-order valence-corrected chi connectivity index (χ2v) is 7.88. The van der Waals surface area contributed by atoms with Gasteiger partial charge in [-0.1, -0.05) is 58.0 Å². The van der Waals surface area contributed by atoms with Gasteiger partial charge in [0.15, 0.2) is 0 Å². The van der Waals surface area contributed by atoms with Crippen LogP contribution in [-0.2, 0) is 25.7 Å². The molecular formula is C24H31N3S. The lowest BCUT2D eigenvalue weighted by Crippen LogP contribution is -2.22. The van der Waals surface area contributed by atoms with Crippen LogP contribution >= 0.6 is 11.9 Å². The SMILES string of the molecule is CCc1cc(C2=C(c3ccccc3)C(N)=C(N)SN2)c(CC)c(CC)c1CC. The first kappa shape index (κ1) is 20.4. The largest absolute Gasteiger partial charge is 0.396 e. The molecule has 0 unspecified atom stereocenters.